The summed E-state index contributed by atoms with van der Waals surface area (Å²) in [6.07, 6.45) is 2.58. The molecule has 1 saturated carbocycles. The van der Waals surface area contributed by atoms with E-state index in [0.717, 1.165) is 30.7 Å². The zero-order valence-electron chi connectivity index (χ0n) is 10.8. The molecule has 0 bridgehead atoms. The van der Waals surface area contributed by atoms with E-state index in [1.165, 1.54) is 0 Å². The van der Waals surface area contributed by atoms with E-state index < -0.39 is 5.41 Å². The predicted molar refractivity (Wildman–Crippen MR) is 69.8 cm³/mol. The number of anilines is 1. The highest BCUT2D eigenvalue weighted by Gasteiger charge is 2.45. The second kappa shape index (κ2) is 4.98. The van der Waals surface area contributed by atoms with Crippen molar-refractivity contribution in [2.75, 3.05) is 25.7 Å². The summed E-state index contributed by atoms with van der Waals surface area (Å²) < 4.78 is 5.09. The summed E-state index contributed by atoms with van der Waals surface area (Å²) in [5.41, 5.74) is 0.273. The van der Waals surface area contributed by atoms with Crippen molar-refractivity contribution in [3.63, 3.8) is 0 Å². The van der Waals surface area contributed by atoms with Gasteiger partial charge in [0.1, 0.15) is 5.75 Å². The number of methoxy groups -OCH3 is 1. The first-order valence-corrected chi connectivity index (χ1v) is 6.16. The van der Waals surface area contributed by atoms with Crippen molar-refractivity contribution in [3.8, 4) is 5.75 Å². The first-order chi connectivity index (χ1) is 8.63. The Hall–Kier alpha value is -1.55. The number of aliphatic hydroxyl groups excluding tert-OH is 1. The molecule has 0 saturated heterocycles. The lowest BCUT2D eigenvalue weighted by molar-refractivity contribution is -0.136. The van der Waals surface area contributed by atoms with Crippen molar-refractivity contribution >= 4 is 11.6 Å². The first-order valence-electron chi connectivity index (χ1n) is 6.16. The molecule has 1 aromatic carbocycles. The van der Waals surface area contributed by atoms with Gasteiger partial charge in [0, 0.05) is 12.7 Å². The van der Waals surface area contributed by atoms with Crippen molar-refractivity contribution in [1.82, 2.24) is 0 Å². The van der Waals surface area contributed by atoms with Gasteiger partial charge in [0.15, 0.2) is 0 Å². The van der Waals surface area contributed by atoms with Crippen LogP contribution in [0.15, 0.2) is 24.3 Å². The molecule has 0 aliphatic heterocycles. The Balaban J connectivity index is 2.14. The highest BCUT2D eigenvalue weighted by Crippen LogP contribution is 2.42. The van der Waals surface area contributed by atoms with Gasteiger partial charge in [-0.05, 0) is 37.1 Å². The fourth-order valence-corrected chi connectivity index (χ4v) is 2.32. The zero-order chi connectivity index (χ0) is 13.2. The lowest BCUT2D eigenvalue weighted by Crippen LogP contribution is -2.49. The number of aliphatic hydroxyl groups is 1. The number of benzene rings is 1. The Labute approximate surface area is 107 Å². The summed E-state index contributed by atoms with van der Waals surface area (Å²) in [7, 11) is 3.36. The van der Waals surface area contributed by atoms with Gasteiger partial charge in [-0.25, -0.2) is 0 Å². The minimum absolute atomic E-state index is 0.00131. The molecule has 1 fully saturated rings. The monoisotopic (exact) mass is 249 g/mol. The number of nitrogens with zero attached hydrogens (tertiary/aromatic N) is 1. The van der Waals surface area contributed by atoms with Crippen LogP contribution in [-0.4, -0.2) is 31.8 Å². The molecule has 0 unspecified atom stereocenters. The Kier molecular flexibility index (Phi) is 3.57. The van der Waals surface area contributed by atoms with Crippen LogP contribution in [0, 0.1) is 5.41 Å². The van der Waals surface area contributed by atoms with Crippen molar-refractivity contribution < 1.29 is 14.6 Å². The molecule has 0 aromatic heterocycles. The largest absolute Gasteiger partial charge is 0.497 e. The molecule has 0 heterocycles. The summed E-state index contributed by atoms with van der Waals surface area (Å²) in [5, 5.41) is 9.42. The fourth-order valence-electron chi connectivity index (χ4n) is 2.32. The van der Waals surface area contributed by atoms with Crippen molar-refractivity contribution in [3.05, 3.63) is 24.3 Å². The summed E-state index contributed by atoms with van der Waals surface area (Å²) >= 11 is 0. The Morgan fingerprint density at radius 1 is 1.39 bits per heavy atom. The van der Waals surface area contributed by atoms with Gasteiger partial charge in [0.05, 0.1) is 19.1 Å². The van der Waals surface area contributed by atoms with Crippen LogP contribution >= 0.6 is 0 Å². The van der Waals surface area contributed by atoms with E-state index in [9.17, 15) is 9.90 Å². The number of ether oxygens (including phenoxy) is 1. The van der Waals surface area contributed by atoms with Gasteiger partial charge in [-0.15, -0.1) is 0 Å². The van der Waals surface area contributed by atoms with E-state index >= 15 is 0 Å². The molecule has 2 rings (SSSR count). The fraction of sp³-hybridized carbons (Fsp3) is 0.500. The average molecular weight is 249 g/mol. The predicted octanol–water partition coefficient (Wildman–Crippen LogP) is 1.82. The normalized spacial score (nSPS) is 16.8. The number of rotatable bonds is 4. The maximum absolute atomic E-state index is 12.4. The molecule has 1 N–H and O–H groups in total. The van der Waals surface area contributed by atoms with Gasteiger partial charge in [-0.3, -0.25) is 4.79 Å². The van der Waals surface area contributed by atoms with Gasteiger partial charge in [0.2, 0.25) is 5.91 Å². The van der Waals surface area contributed by atoms with Gasteiger partial charge < -0.3 is 14.7 Å². The van der Waals surface area contributed by atoms with E-state index in [0.29, 0.717) is 0 Å². The minimum Gasteiger partial charge on any atom is -0.497 e. The molecule has 0 spiro atoms. The molecule has 4 nitrogen and oxygen atoms in total. The topological polar surface area (TPSA) is 49.8 Å². The zero-order valence-corrected chi connectivity index (χ0v) is 10.8. The molecule has 1 amide bonds. The van der Waals surface area contributed by atoms with Crippen LogP contribution in [-0.2, 0) is 4.79 Å². The van der Waals surface area contributed by atoms with Crippen molar-refractivity contribution in [1.29, 1.82) is 0 Å². The number of amides is 1. The first kappa shape index (κ1) is 12.9. The smallest absolute Gasteiger partial charge is 0.235 e. The Morgan fingerprint density at radius 3 is 2.39 bits per heavy atom. The third kappa shape index (κ3) is 2.08. The lowest BCUT2D eigenvalue weighted by Gasteiger charge is -2.41. The number of hydrogen-bond donors (Lipinski definition) is 1. The average Bonchev–Trinajstić information content (AvgIpc) is 2.37. The van der Waals surface area contributed by atoms with Gasteiger partial charge >= 0.3 is 0 Å². The van der Waals surface area contributed by atoms with Gasteiger partial charge in [-0.1, -0.05) is 6.42 Å². The minimum atomic E-state index is -0.547. The molecule has 18 heavy (non-hydrogen) atoms. The molecule has 0 radical (unpaired) electrons. The van der Waals surface area contributed by atoms with Gasteiger partial charge in [-0.2, -0.15) is 0 Å². The molecular weight excluding hydrogens is 230 g/mol. The molecule has 4 heteroatoms. The second-order valence-electron chi connectivity index (χ2n) is 4.85. The van der Waals surface area contributed by atoms with Crippen molar-refractivity contribution in [2.45, 2.75) is 19.3 Å². The van der Waals surface area contributed by atoms with E-state index in [4.69, 9.17) is 4.74 Å². The molecule has 1 aromatic rings. The molecule has 1 aliphatic carbocycles. The third-order valence-corrected chi connectivity index (χ3v) is 3.83. The van der Waals surface area contributed by atoms with Crippen molar-refractivity contribution in [2.24, 2.45) is 5.41 Å². The maximum atomic E-state index is 12.4. The van der Waals surface area contributed by atoms with E-state index in [1.54, 1.807) is 19.1 Å². The van der Waals surface area contributed by atoms with Crippen LogP contribution in [0.3, 0.4) is 0 Å². The number of carbonyl (C=O) groups is 1. The molecule has 0 atom stereocenters. The maximum Gasteiger partial charge on any atom is 0.235 e. The Bertz CT molecular complexity index is 418. The second-order valence-corrected chi connectivity index (χ2v) is 4.85. The molecule has 1 aliphatic rings. The highest BCUT2D eigenvalue weighted by atomic mass is 16.5. The quantitative estimate of drug-likeness (QED) is 0.885. The number of carbonyl (C=O) groups excluding carboxylic acids is 1. The lowest BCUT2D eigenvalue weighted by atomic mass is 9.68. The molecule has 98 valence electrons. The molecular formula is C14H19NO3. The summed E-state index contributed by atoms with van der Waals surface area (Å²) in [5.74, 6) is 0.765. The van der Waals surface area contributed by atoms with E-state index in [-0.39, 0.29) is 12.5 Å². The van der Waals surface area contributed by atoms with Crippen LogP contribution in [0.4, 0.5) is 5.69 Å². The van der Waals surface area contributed by atoms with Gasteiger partial charge in [0.25, 0.3) is 0 Å². The van der Waals surface area contributed by atoms with E-state index in [1.807, 2.05) is 24.3 Å². The van der Waals surface area contributed by atoms with E-state index in [2.05, 4.69) is 0 Å². The summed E-state index contributed by atoms with van der Waals surface area (Å²) in [6.45, 7) is -0.0632. The third-order valence-electron chi connectivity index (χ3n) is 3.83. The van der Waals surface area contributed by atoms with Crippen LogP contribution in [0.1, 0.15) is 19.3 Å². The SMILES string of the molecule is COc1ccc(N(C)C(=O)C2(CO)CCC2)cc1. The van der Waals surface area contributed by atoms with Crippen LogP contribution < -0.4 is 9.64 Å². The standard InChI is InChI=1S/C14H19NO3/c1-15(11-4-6-12(18-2)7-5-11)13(17)14(10-16)8-3-9-14/h4-7,16H,3,8-10H2,1-2H3. The van der Waals surface area contributed by atoms with Crippen LogP contribution in [0.5, 0.6) is 5.75 Å². The van der Waals surface area contributed by atoms with Crippen LogP contribution in [0.25, 0.3) is 0 Å². The van der Waals surface area contributed by atoms with Crippen LogP contribution in [0.2, 0.25) is 0 Å². The summed E-state index contributed by atoms with van der Waals surface area (Å²) in [4.78, 5) is 14.0. The highest BCUT2D eigenvalue weighted by molar-refractivity contribution is 5.97. The summed E-state index contributed by atoms with van der Waals surface area (Å²) in [6, 6.07) is 7.35. The number of hydrogen-bond acceptors (Lipinski definition) is 3. The Morgan fingerprint density at radius 2 is 2.00 bits per heavy atom.